The third kappa shape index (κ3) is 4.80. The molecule has 0 saturated heterocycles. The average molecular weight is 436 g/mol. The van der Waals surface area contributed by atoms with E-state index < -0.39 is 11.8 Å². The van der Waals surface area contributed by atoms with Gasteiger partial charge in [-0.2, -0.15) is 0 Å². The maximum absolute atomic E-state index is 13.3. The zero-order valence-electron chi connectivity index (χ0n) is 18.1. The van der Waals surface area contributed by atoms with E-state index in [2.05, 4.69) is 20.9 Å². The third-order valence-electron chi connectivity index (χ3n) is 5.64. The van der Waals surface area contributed by atoms with Crippen molar-refractivity contribution in [2.45, 2.75) is 45.7 Å². The highest BCUT2D eigenvalue weighted by Gasteiger charge is 2.20. The number of halogens is 1. The summed E-state index contributed by atoms with van der Waals surface area (Å²) in [6, 6.07) is 10.6. The van der Waals surface area contributed by atoms with Crippen LogP contribution in [0.5, 0.6) is 0 Å². The van der Waals surface area contributed by atoms with Gasteiger partial charge in [-0.25, -0.2) is 14.2 Å². The van der Waals surface area contributed by atoms with E-state index in [1.165, 1.54) is 18.2 Å². The van der Waals surface area contributed by atoms with Gasteiger partial charge in [0, 0.05) is 24.3 Å². The van der Waals surface area contributed by atoms with Gasteiger partial charge in [0.2, 0.25) is 0 Å². The lowest BCUT2D eigenvalue weighted by molar-refractivity contribution is 0.101. The number of aryl methyl sites for hydroxylation is 2. The highest BCUT2D eigenvalue weighted by Crippen LogP contribution is 2.23. The van der Waals surface area contributed by atoms with Gasteiger partial charge in [-0.1, -0.05) is 18.2 Å². The minimum Gasteiger partial charge on any atom is -0.331 e. The summed E-state index contributed by atoms with van der Waals surface area (Å²) in [5.41, 5.74) is 3.35. The maximum atomic E-state index is 13.3. The minimum atomic E-state index is -0.444. The molecule has 1 aromatic heterocycles. The number of nitrogens with zero attached hydrogens (tertiary/aromatic N) is 2. The van der Waals surface area contributed by atoms with Gasteiger partial charge in [0.05, 0.1) is 12.2 Å². The summed E-state index contributed by atoms with van der Waals surface area (Å²) in [7, 11) is 0. The van der Waals surface area contributed by atoms with E-state index in [4.69, 9.17) is 0 Å². The number of fused-ring (bicyclic) bond motifs is 1. The summed E-state index contributed by atoms with van der Waals surface area (Å²) in [6.45, 7) is 4.56. The van der Waals surface area contributed by atoms with Crippen LogP contribution in [0.25, 0.3) is 0 Å². The number of rotatable bonds is 5. The van der Waals surface area contributed by atoms with Gasteiger partial charge in [0.25, 0.3) is 5.91 Å². The van der Waals surface area contributed by atoms with Crippen molar-refractivity contribution < 1.29 is 14.0 Å². The Bertz CT molecular complexity index is 1160. The summed E-state index contributed by atoms with van der Waals surface area (Å²) in [6.07, 6.45) is 4.66. The van der Waals surface area contributed by atoms with Crippen LogP contribution >= 0.6 is 0 Å². The van der Waals surface area contributed by atoms with Crippen LogP contribution in [0, 0.1) is 12.7 Å². The minimum absolute atomic E-state index is 0.199. The molecule has 8 heteroatoms. The van der Waals surface area contributed by atoms with Gasteiger partial charge in [0.1, 0.15) is 17.3 Å². The van der Waals surface area contributed by atoms with Gasteiger partial charge >= 0.3 is 6.03 Å². The number of carbonyl (C=O) groups excluding carboxylic acids is 2. The predicted molar refractivity (Wildman–Crippen MR) is 121 cm³/mol. The standard InChI is InChI=1S/C24H26FN5O2/c1-15-9-10-17(16(2)27-24(32)28-19-7-5-6-18(25)13-19)12-20(15)29-23(31)21-14-26-22-8-3-4-11-30(21)22/h5-7,9-10,12-14,16H,3-4,8,11H2,1-2H3,(H,29,31)(H2,27,28,32)/t16-/m0/s1. The lowest BCUT2D eigenvalue weighted by Crippen LogP contribution is -2.31. The highest BCUT2D eigenvalue weighted by atomic mass is 19.1. The first-order valence-electron chi connectivity index (χ1n) is 10.7. The Kier molecular flexibility index (Phi) is 6.20. The molecule has 1 atom stereocenters. The molecule has 3 amide bonds. The number of nitrogens with one attached hydrogen (secondary N) is 3. The van der Waals surface area contributed by atoms with Crippen LogP contribution < -0.4 is 16.0 Å². The molecule has 1 aliphatic heterocycles. The van der Waals surface area contributed by atoms with Gasteiger partial charge < -0.3 is 20.5 Å². The van der Waals surface area contributed by atoms with Crippen LogP contribution in [0.3, 0.4) is 0 Å². The SMILES string of the molecule is Cc1ccc([C@H](C)NC(=O)Nc2cccc(F)c2)cc1NC(=O)c1cnc2n1CCCC2. The van der Waals surface area contributed by atoms with Gasteiger partial charge in [-0.3, -0.25) is 4.79 Å². The Morgan fingerprint density at radius 3 is 2.78 bits per heavy atom. The zero-order chi connectivity index (χ0) is 22.7. The Morgan fingerprint density at radius 2 is 1.97 bits per heavy atom. The molecule has 2 aromatic carbocycles. The summed E-state index contributed by atoms with van der Waals surface area (Å²) in [4.78, 5) is 29.6. The van der Waals surface area contributed by atoms with Crippen molar-refractivity contribution in [3.63, 3.8) is 0 Å². The van der Waals surface area contributed by atoms with E-state index in [-0.39, 0.29) is 11.9 Å². The molecule has 3 aromatic rings. The maximum Gasteiger partial charge on any atom is 0.319 e. The monoisotopic (exact) mass is 435 g/mol. The smallest absolute Gasteiger partial charge is 0.319 e. The van der Waals surface area contributed by atoms with Gasteiger partial charge in [-0.05, 0) is 62.1 Å². The fourth-order valence-corrected chi connectivity index (χ4v) is 3.84. The summed E-state index contributed by atoms with van der Waals surface area (Å²) < 4.78 is 15.3. The molecular weight excluding hydrogens is 409 g/mol. The second-order valence-corrected chi connectivity index (χ2v) is 8.03. The average Bonchev–Trinajstić information content (AvgIpc) is 3.19. The number of benzene rings is 2. The molecule has 0 aliphatic carbocycles. The van der Waals surface area contributed by atoms with Crippen LogP contribution in [0.1, 0.15) is 53.2 Å². The molecule has 2 heterocycles. The Labute approximate surface area is 186 Å². The van der Waals surface area contributed by atoms with E-state index in [0.29, 0.717) is 17.1 Å². The van der Waals surface area contributed by atoms with Crippen molar-refractivity contribution in [3.05, 3.63) is 77.1 Å². The molecule has 0 saturated carbocycles. The van der Waals surface area contributed by atoms with Crippen LogP contribution in [-0.4, -0.2) is 21.5 Å². The number of imidazole rings is 1. The molecule has 0 radical (unpaired) electrons. The lowest BCUT2D eigenvalue weighted by Gasteiger charge is -2.18. The van der Waals surface area contributed by atoms with Crippen molar-refractivity contribution in [2.75, 3.05) is 10.6 Å². The van der Waals surface area contributed by atoms with Gasteiger partial charge in [-0.15, -0.1) is 0 Å². The Balaban J connectivity index is 1.44. The number of carbonyl (C=O) groups is 2. The van der Waals surface area contributed by atoms with Crippen molar-refractivity contribution in [3.8, 4) is 0 Å². The number of anilines is 2. The third-order valence-corrected chi connectivity index (χ3v) is 5.64. The first kappa shape index (κ1) is 21.5. The molecule has 0 unspecified atom stereocenters. The highest BCUT2D eigenvalue weighted by molar-refractivity contribution is 6.03. The summed E-state index contributed by atoms with van der Waals surface area (Å²) >= 11 is 0. The molecule has 3 N–H and O–H groups in total. The topological polar surface area (TPSA) is 88.1 Å². The molecule has 0 bridgehead atoms. The molecule has 32 heavy (non-hydrogen) atoms. The molecule has 0 spiro atoms. The molecule has 0 fully saturated rings. The van der Waals surface area contributed by atoms with E-state index >= 15 is 0 Å². The van der Waals surface area contributed by atoms with Crippen molar-refractivity contribution >= 4 is 23.3 Å². The van der Waals surface area contributed by atoms with E-state index in [1.807, 2.05) is 36.6 Å². The molecule has 7 nitrogen and oxygen atoms in total. The number of aromatic nitrogens is 2. The quantitative estimate of drug-likeness (QED) is 0.538. The van der Waals surface area contributed by atoms with Crippen molar-refractivity contribution in [2.24, 2.45) is 0 Å². The fraction of sp³-hybridized carbons (Fsp3) is 0.292. The first-order chi connectivity index (χ1) is 15.4. The van der Waals surface area contributed by atoms with Crippen LogP contribution in [0.15, 0.2) is 48.7 Å². The molecular formula is C24H26FN5O2. The first-order valence-corrected chi connectivity index (χ1v) is 10.7. The van der Waals surface area contributed by atoms with Gasteiger partial charge in [0.15, 0.2) is 0 Å². The number of amides is 3. The predicted octanol–water partition coefficient (Wildman–Crippen LogP) is 4.80. The Hall–Kier alpha value is -3.68. The lowest BCUT2D eigenvalue weighted by atomic mass is 10.0. The normalized spacial score (nSPS) is 13.7. The second kappa shape index (κ2) is 9.21. The summed E-state index contributed by atoms with van der Waals surface area (Å²) in [5, 5.41) is 8.44. The van der Waals surface area contributed by atoms with Crippen molar-refractivity contribution in [1.29, 1.82) is 0 Å². The molecule has 166 valence electrons. The van der Waals surface area contributed by atoms with Crippen LogP contribution in [-0.2, 0) is 13.0 Å². The van der Waals surface area contributed by atoms with Crippen LogP contribution in [0.4, 0.5) is 20.6 Å². The van der Waals surface area contributed by atoms with Crippen LogP contribution in [0.2, 0.25) is 0 Å². The largest absolute Gasteiger partial charge is 0.331 e. The van der Waals surface area contributed by atoms with E-state index in [9.17, 15) is 14.0 Å². The Morgan fingerprint density at radius 1 is 1.12 bits per heavy atom. The van der Waals surface area contributed by atoms with Crippen molar-refractivity contribution in [1.82, 2.24) is 14.9 Å². The number of hydrogen-bond donors (Lipinski definition) is 3. The number of urea groups is 1. The van der Waals surface area contributed by atoms with E-state index in [0.717, 1.165) is 42.8 Å². The fourth-order valence-electron chi connectivity index (χ4n) is 3.84. The molecule has 1 aliphatic rings. The summed E-state index contributed by atoms with van der Waals surface area (Å²) in [5.74, 6) is 0.332. The number of hydrogen-bond acceptors (Lipinski definition) is 3. The molecule has 4 rings (SSSR count). The second-order valence-electron chi connectivity index (χ2n) is 8.03. The van der Waals surface area contributed by atoms with E-state index in [1.54, 1.807) is 12.3 Å². The zero-order valence-corrected chi connectivity index (χ0v) is 18.1.